The van der Waals surface area contributed by atoms with E-state index < -0.39 is 0 Å². The first kappa shape index (κ1) is 13.8. The summed E-state index contributed by atoms with van der Waals surface area (Å²) in [5, 5.41) is 0. The molecule has 1 fully saturated rings. The molecule has 0 bridgehead atoms. The number of nitrogens with two attached hydrogens (primary N) is 1. The second-order valence-corrected chi connectivity index (χ2v) is 4.91. The van der Waals surface area contributed by atoms with Gasteiger partial charge in [0.2, 0.25) is 0 Å². The monoisotopic (exact) mass is 265 g/mol. The fourth-order valence-electron chi connectivity index (χ4n) is 2.45. The molecule has 0 saturated carbocycles. The summed E-state index contributed by atoms with van der Waals surface area (Å²) in [6.45, 7) is 4.18. The molecule has 0 spiro atoms. The van der Waals surface area contributed by atoms with Crippen LogP contribution in [0.15, 0.2) is 12.1 Å². The van der Waals surface area contributed by atoms with Crippen LogP contribution in [0.3, 0.4) is 0 Å². The fraction of sp³-hybridized carbons (Fsp3) is 0.571. The summed E-state index contributed by atoms with van der Waals surface area (Å²) in [6, 6.07) is 3.81. The molecule has 19 heavy (non-hydrogen) atoms. The molecule has 0 aliphatic carbocycles. The van der Waals surface area contributed by atoms with Crippen molar-refractivity contribution in [2.24, 2.45) is 0 Å². The van der Waals surface area contributed by atoms with Crippen LogP contribution in [0.25, 0.3) is 0 Å². The predicted octanol–water partition coefficient (Wildman–Crippen LogP) is 1.43. The summed E-state index contributed by atoms with van der Waals surface area (Å²) >= 11 is 0. The van der Waals surface area contributed by atoms with E-state index in [0.29, 0.717) is 5.75 Å². The molecule has 1 aliphatic rings. The van der Waals surface area contributed by atoms with Crippen molar-refractivity contribution in [3.63, 3.8) is 0 Å². The van der Waals surface area contributed by atoms with Crippen molar-refractivity contribution in [1.29, 1.82) is 0 Å². The number of hydrogen-bond acceptors (Lipinski definition) is 5. The highest BCUT2D eigenvalue weighted by atomic mass is 16.5. The van der Waals surface area contributed by atoms with Crippen LogP contribution in [0.4, 0.5) is 11.4 Å². The van der Waals surface area contributed by atoms with Crippen molar-refractivity contribution < 1.29 is 9.47 Å². The van der Waals surface area contributed by atoms with Crippen LogP contribution >= 0.6 is 0 Å². The Bertz CT molecular complexity index is 437. The molecule has 0 atom stereocenters. The topological polar surface area (TPSA) is 51.0 Å². The third-order valence-corrected chi connectivity index (χ3v) is 3.59. The van der Waals surface area contributed by atoms with Crippen LogP contribution in [0.5, 0.6) is 11.5 Å². The molecule has 1 saturated heterocycles. The van der Waals surface area contributed by atoms with E-state index >= 15 is 0 Å². The Balaban J connectivity index is 2.28. The zero-order valence-electron chi connectivity index (χ0n) is 12.0. The summed E-state index contributed by atoms with van der Waals surface area (Å²) in [6.07, 6.45) is 1.14. The summed E-state index contributed by atoms with van der Waals surface area (Å²) in [5.74, 6) is 1.40. The third kappa shape index (κ3) is 3.04. The van der Waals surface area contributed by atoms with Gasteiger partial charge in [0.1, 0.15) is 0 Å². The largest absolute Gasteiger partial charge is 0.493 e. The first-order valence-electron chi connectivity index (χ1n) is 6.60. The number of nitrogen functional groups attached to an aromatic ring is 1. The number of likely N-dealkylation sites (N-methyl/N-ethyl adjacent to an activating group) is 1. The summed E-state index contributed by atoms with van der Waals surface area (Å²) in [7, 11) is 5.42. The maximum absolute atomic E-state index is 6.15. The van der Waals surface area contributed by atoms with Crippen molar-refractivity contribution in [3.05, 3.63) is 12.1 Å². The molecular formula is C14H23N3O2. The summed E-state index contributed by atoms with van der Waals surface area (Å²) < 4.78 is 10.6. The number of methoxy groups -OCH3 is 2. The van der Waals surface area contributed by atoms with Crippen LogP contribution in [0.1, 0.15) is 6.42 Å². The van der Waals surface area contributed by atoms with E-state index in [9.17, 15) is 0 Å². The van der Waals surface area contributed by atoms with E-state index in [1.54, 1.807) is 14.2 Å². The number of hydrogen-bond donors (Lipinski definition) is 1. The average molecular weight is 265 g/mol. The van der Waals surface area contributed by atoms with Crippen molar-refractivity contribution in [1.82, 2.24) is 4.90 Å². The minimum atomic E-state index is 0.677. The Morgan fingerprint density at radius 1 is 1.00 bits per heavy atom. The molecule has 0 amide bonds. The van der Waals surface area contributed by atoms with Crippen LogP contribution < -0.4 is 20.1 Å². The second-order valence-electron chi connectivity index (χ2n) is 4.91. The van der Waals surface area contributed by atoms with Crippen LogP contribution in [0, 0.1) is 0 Å². The van der Waals surface area contributed by atoms with Gasteiger partial charge in [-0.2, -0.15) is 0 Å². The smallest absolute Gasteiger partial charge is 0.162 e. The van der Waals surface area contributed by atoms with Gasteiger partial charge in [-0.25, -0.2) is 0 Å². The molecular weight excluding hydrogens is 242 g/mol. The first-order chi connectivity index (χ1) is 9.15. The van der Waals surface area contributed by atoms with Crippen molar-refractivity contribution >= 4 is 11.4 Å². The van der Waals surface area contributed by atoms with Gasteiger partial charge in [-0.15, -0.1) is 0 Å². The summed E-state index contributed by atoms with van der Waals surface area (Å²) in [4.78, 5) is 4.66. The molecule has 1 heterocycles. The molecule has 5 nitrogen and oxygen atoms in total. The molecule has 106 valence electrons. The Morgan fingerprint density at radius 2 is 1.68 bits per heavy atom. The fourth-order valence-corrected chi connectivity index (χ4v) is 2.45. The van der Waals surface area contributed by atoms with Gasteiger partial charge >= 0.3 is 0 Å². The minimum Gasteiger partial charge on any atom is -0.493 e. The molecule has 0 aromatic heterocycles. The van der Waals surface area contributed by atoms with Crippen molar-refractivity contribution in [2.75, 3.05) is 58.1 Å². The molecule has 0 radical (unpaired) electrons. The standard InChI is InChI=1S/C14H23N3O2/c1-16-5-4-6-17(8-7-16)12-10-14(19-3)13(18-2)9-11(12)15/h9-10H,4-8,15H2,1-3H3. The first-order valence-corrected chi connectivity index (χ1v) is 6.60. The van der Waals surface area contributed by atoms with Crippen molar-refractivity contribution in [3.8, 4) is 11.5 Å². The Kier molecular flexibility index (Phi) is 4.37. The Morgan fingerprint density at radius 3 is 2.37 bits per heavy atom. The highest BCUT2D eigenvalue weighted by Crippen LogP contribution is 2.37. The van der Waals surface area contributed by atoms with Crippen molar-refractivity contribution in [2.45, 2.75) is 6.42 Å². The van der Waals surface area contributed by atoms with Gasteiger partial charge in [-0.05, 0) is 20.0 Å². The van der Waals surface area contributed by atoms with Gasteiger partial charge in [0, 0.05) is 31.8 Å². The SMILES string of the molecule is COc1cc(N)c(N2CCCN(C)CC2)cc1OC. The Labute approximate surface area is 114 Å². The van der Waals surface area contributed by atoms with Gasteiger partial charge in [-0.3, -0.25) is 0 Å². The molecule has 1 aromatic rings. The zero-order chi connectivity index (χ0) is 13.8. The molecule has 2 N–H and O–H groups in total. The second kappa shape index (κ2) is 6.02. The highest BCUT2D eigenvalue weighted by molar-refractivity contribution is 5.73. The lowest BCUT2D eigenvalue weighted by Crippen LogP contribution is -2.29. The van der Waals surface area contributed by atoms with E-state index in [0.717, 1.165) is 49.7 Å². The zero-order valence-corrected chi connectivity index (χ0v) is 12.0. The quantitative estimate of drug-likeness (QED) is 0.838. The van der Waals surface area contributed by atoms with E-state index in [2.05, 4.69) is 16.8 Å². The molecule has 2 rings (SSSR count). The van der Waals surface area contributed by atoms with E-state index in [4.69, 9.17) is 15.2 Å². The third-order valence-electron chi connectivity index (χ3n) is 3.59. The lowest BCUT2D eigenvalue weighted by atomic mass is 10.2. The normalized spacial score (nSPS) is 17.1. The minimum absolute atomic E-state index is 0.677. The van der Waals surface area contributed by atoms with Crippen LogP contribution in [-0.4, -0.2) is 52.3 Å². The molecule has 1 aliphatic heterocycles. The van der Waals surface area contributed by atoms with Crippen LogP contribution in [-0.2, 0) is 0 Å². The number of anilines is 2. The van der Waals surface area contributed by atoms with Gasteiger partial charge in [-0.1, -0.05) is 0 Å². The van der Waals surface area contributed by atoms with Crippen LogP contribution in [0.2, 0.25) is 0 Å². The highest BCUT2D eigenvalue weighted by Gasteiger charge is 2.17. The van der Waals surface area contributed by atoms with E-state index in [-0.39, 0.29) is 0 Å². The van der Waals surface area contributed by atoms with E-state index in [1.807, 2.05) is 12.1 Å². The van der Waals surface area contributed by atoms with Gasteiger partial charge < -0.3 is 25.0 Å². The molecule has 1 aromatic carbocycles. The van der Waals surface area contributed by atoms with Gasteiger partial charge in [0.15, 0.2) is 11.5 Å². The predicted molar refractivity (Wildman–Crippen MR) is 78.3 cm³/mol. The maximum Gasteiger partial charge on any atom is 0.162 e. The maximum atomic E-state index is 6.15. The molecule has 5 heteroatoms. The Hall–Kier alpha value is -1.62. The number of nitrogens with zero attached hydrogens (tertiary/aromatic N) is 2. The van der Waals surface area contributed by atoms with Gasteiger partial charge in [0.25, 0.3) is 0 Å². The lowest BCUT2D eigenvalue weighted by Gasteiger charge is -2.25. The number of ether oxygens (including phenoxy) is 2. The number of benzene rings is 1. The van der Waals surface area contributed by atoms with Gasteiger partial charge in [0.05, 0.1) is 25.6 Å². The number of rotatable bonds is 3. The lowest BCUT2D eigenvalue weighted by molar-refractivity contribution is 0.355. The summed E-state index contributed by atoms with van der Waals surface area (Å²) in [5.41, 5.74) is 7.92. The average Bonchev–Trinajstić information content (AvgIpc) is 2.63. The van der Waals surface area contributed by atoms with E-state index in [1.165, 1.54) is 0 Å². The molecule has 0 unspecified atom stereocenters.